The number of aldehydes is 1. The van der Waals surface area contributed by atoms with Crippen LogP contribution in [0.2, 0.25) is 51.4 Å². The summed E-state index contributed by atoms with van der Waals surface area (Å²) < 4.78 is 37.8. The number of carbonyl (C=O) groups is 1. The van der Waals surface area contributed by atoms with E-state index in [1.807, 2.05) is 143 Å². The van der Waals surface area contributed by atoms with Crippen molar-refractivity contribution in [2.45, 2.75) is 84.7 Å². The maximum absolute atomic E-state index is 11.3. The molecule has 14 nitrogen and oxygen atoms in total. The summed E-state index contributed by atoms with van der Waals surface area (Å²) in [5, 5.41) is 9.60. The number of imidazole rings is 2. The molecule has 8 aromatic rings. The van der Waals surface area contributed by atoms with Crippen LogP contribution >= 0.6 is 0 Å². The Labute approximate surface area is 437 Å². The Kier molecular flexibility index (Phi) is 19.3. The molecule has 0 unspecified atom stereocenters. The van der Waals surface area contributed by atoms with E-state index in [0.29, 0.717) is 50.5 Å². The van der Waals surface area contributed by atoms with E-state index < -0.39 is 16.1 Å². The molecule has 0 saturated heterocycles. The van der Waals surface area contributed by atoms with Crippen molar-refractivity contribution in [3.63, 3.8) is 0 Å². The lowest BCUT2D eigenvalue weighted by Gasteiger charge is -2.16. The molecule has 4 aromatic heterocycles. The van der Waals surface area contributed by atoms with Gasteiger partial charge in [-0.25, -0.2) is 9.97 Å². The van der Waals surface area contributed by atoms with E-state index in [-0.39, 0.29) is 6.61 Å². The number of pyridine rings is 2. The van der Waals surface area contributed by atoms with Gasteiger partial charge in [0.25, 0.3) is 0 Å². The normalized spacial score (nSPS) is 11.4. The summed E-state index contributed by atoms with van der Waals surface area (Å²) in [6, 6.07) is 41.5. The molecule has 0 spiro atoms. The van der Waals surface area contributed by atoms with E-state index in [2.05, 4.69) is 59.2 Å². The third-order valence-electron chi connectivity index (χ3n) is 11.8. The second-order valence-corrected chi connectivity index (χ2v) is 31.4. The van der Waals surface area contributed by atoms with Gasteiger partial charge >= 0.3 is 0 Å². The van der Waals surface area contributed by atoms with Crippen LogP contribution in [0, 0.1) is 0 Å². The molecule has 0 saturated carbocycles. The monoisotopic (exact) mass is 1030 g/mol. The third kappa shape index (κ3) is 16.4. The molecule has 0 fully saturated rings. The van der Waals surface area contributed by atoms with E-state index in [1.165, 1.54) is 0 Å². The summed E-state index contributed by atoms with van der Waals surface area (Å²) in [5.74, 6) is 4.63. The highest BCUT2D eigenvalue weighted by Crippen LogP contribution is 2.28. The van der Waals surface area contributed by atoms with Crippen molar-refractivity contribution in [1.82, 2.24) is 29.1 Å². The molecule has 0 bridgehead atoms. The Morgan fingerprint density at radius 2 is 0.919 bits per heavy atom. The van der Waals surface area contributed by atoms with Gasteiger partial charge in [0.2, 0.25) is 0 Å². The second-order valence-electron chi connectivity index (χ2n) is 20.1. The lowest BCUT2D eigenvalue weighted by molar-refractivity contribution is 0.0880. The van der Waals surface area contributed by atoms with Crippen LogP contribution < -0.4 is 18.9 Å². The first kappa shape index (κ1) is 54.6. The highest BCUT2D eigenvalue weighted by molar-refractivity contribution is 6.76. The topological polar surface area (TPSA) is 154 Å². The number of hydrogen-bond donors (Lipinski definition) is 1. The number of methoxy groups -OCH3 is 2. The number of rotatable bonds is 24. The molecule has 0 amide bonds. The summed E-state index contributed by atoms with van der Waals surface area (Å²) in [5.41, 5.74) is 8.50. The zero-order chi connectivity index (χ0) is 52.5. The smallest absolute Gasteiger partial charge is 0.170 e. The van der Waals surface area contributed by atoms with Gasteiger partial charge in [-0.3, -0.25) is 14.8 Å². The van der Waals surface area contributed by atoms with E-state index in [0.717, 1.165) is 98.6 Å². The Bertz CT molecular complexity index is 2970. The molecule has 4 heterocycles. The zero-order valence-corrected chi connectivity index (χ0v) is 45.8. The van der Waals surface area contributed by atoms with Crippen LogP contribution in [0.25, 0.3) is 45.3 Å². The minimum atomic E-state index is -1.17. The Morgan fingerprint density at radius 3 is 1.30 bits per heavy atom. The summed E-state index contributed by atoms with van der Waals surface area (Å²) in [4.78, 5) is 29.7. The van der Waals surface area contributed by atoms with Crippen LogP contribution in [0.1, 0.15) is 27.3 Å². The predicted molar refractivity (Wildman–Crippen MR) is 296 cm³/mol. The molecule has 0 atom stereocenters. The molecule has 0 aliphatic carbocycles. The molecule has 4 aromatic carbocycles. The van der Waals surface area contributed by atoms with Crippen molar-refractivity contribution in [3.05, 3.63) is 169 Å². The minimum Gasteiger partial charge on any atom is -0.497 e. The van der Waals surface area contributed by atoms with Crippen LogP contribution in [-0.2, 0) is 42.8 Å². The summed E-state index contributed by atoms with van der Waals surface area (Å²) >= 11 is 0. The zero-order valence-electron chi connectivity index (χ0n) is 43.8. The number of carbonyl (C=O) groups excluding carboxylic acids is 1. The van der Waals surface area contributed by atoms with Crippen LogP contribution in [0.5, 0.6) is 23.0 Å². The van der Waals surface area contributed by atoms with Gasteiger partial charge in [0, 0.05) is 76.4 Å². The molecule has 0 aliphatic heterocycles. The maximum Gasteiger partial charge on any atom is 0.170 e. The number of aliphatic hydroxyl groups excluding tert-OH is 1. The van der Waals surface area contributed by atoms with Gasteiger partial charge in [-0.05, 0) is 120 Å². The van der Waals surface area contributed by atoms with Crippen LogP contribution in [0.15, 0.2) is 146 Å². The van der Waals surface area contributed by atoms with E-state index in [4.69, 9.17) is 28.4 Å². The third-order valence-corrected chi connectivity index (χ3v) is 15.2. The van der Waals surface area contributed by atoms with Gasteiger partial charge in [-0.1, -0.05) is 63.5 Å². The number of aliphatic hydroxyl groups is 1. The molecule has 16 heteroatoms. The van der Waals surface area contributed by atoms with Crippen molar-refractivity contribution in [3.8, 4) is 68.3 Å². The largest absolute Gasteiger partial charge is 0.497 e. The number of benzene rings is 4. The maximum atomic E-state index is 11.3. The number of aromatic nitrogens is 6. The van der Waals surface area contributed by atoms with E-state index in [9.17, 15) is 9.90 Å². The van der Waals surface area contributed by atoms with Crippen LogP contribution in [0.4, 0.5) is 0 Å². The fraction of sp³-hybridized carbons (Fsp3) is 0.293. The van der Waals surface area contributed by atoms with E-state index >= 15 is 0 Å². The van der Waals surface area contributed by atoms with Gasteiger partial charge in [-0.15, -0.1) is 0 Å². The highest BCUT2D eigenvalue weighted by atomic mass is 28.3. The molecule has 8 rings (SSSR count). The van der Waals surface area contributed by atoms with Crippen molar-refractivity contribution >= 4 is 22.4 Å². The van der Waals surface area contributed by atoms with Crippen LogP contribution in [-0.4, -0.2) is 84.0 Å². The molecule has 0 aliphatic rings. The molecular weight excluding hydrogens is 965 g/mol. The number of nitrogens with zero attached hydrogens (tertiary/aromatic N) is 6. The minimum absolute atomic E-state index is 0.118. The first-order chi connectivity index (χ1) is 35.7. The van der Waals surface area contributed by atoms with Gasteiger partial charge < -0.3 is 42.7 Å². The summed E-state index contributed by atoms with van der Waals surface area (Å²) in [6.45, 7) is 17.0. The van der Waals surface area contributed by atoms with Crippen molar-refractivity contribution in [2.24, 2.45) is 0 Å². The Balaban J connectivity index is 0.000000216. The van der Waals surface area contributed by atoms with Gasteiger partial charge in [0.05, 0.1) is 37.9 Å². The highest BCUT2D eigenvalue weighted by Gasteiger charge is 2.17. The average molecular weight is 1030 g/mol. The average Bonchev–Trinajstić information content (AvgIpc) is 4.04. The van der Waals surface area contributed by atoms with Crippen molar-refractivity contribution in [2.75, 3.05) is 27.4 Å². The summed E-state index contributed by atoms with van der Waals surface area (Å²) in [6.07, 6.45) is 7.89. The lowest BCUT2D eigenvalue weighted by atomic mass is 10.1. The number of ether oxygens (including phenoxy) is 6. The van der Waals surface area contributed by atoms with Crippen molar-refractivity contribution < 1.29 is 38.3 Å². The van der Waals surface area contributed by atoms with Crippen LogP contribution in [0.3, 0.4) is 0 Å². The number of hydrogen-bond acceptors (Lipinski definition) is 12. The SMILES string of the molecule is COc1ccc(COc2ccc(-c3ccc(-c4nc(C=O)cn4COCC[Si](C)(C)C)cn3)cc2)cc1.COc1ccc(COc2ccc(-c3ccc(-c4nc(CO)cn4COCC[Si](C)(C)C)cn3)cc2)cc1. The second kappa shape index (κ2) is 26.1. The molecular formula is C58H68N6O8Si2. The Morgan fingerprint density at radius 1 is 0.514 bits per heavy atom. The summed E-state index contributed by atoms with van der Waals surface area (Å²) in [7, 11) is 0.987. The predicted octanol–water partition coefficient (Wildman–Crippen LogP) is 12.3. The standard InChI is InChI=1S/C29H35N3O4Si.C29H33N3O4Si/c2*1-34-26-10-5-22(6-11-26)20-36-27-12-7-23(8-13-27)28-14-9-24(17-30-28)29-31-25(19-33)18-32(29)21-35-15-16-37(2,3)4/h5-14,17-18,33H,15-16,19-21H2,1-4H3;5-14,17-19H,15-16,20-21H2,1-4H3. The first-order valence-electron chi connectivity index (χ1n) is 24.7. The molecule has 74 heavy (non-hydrogen) atoms. The Hall–Kier alpha value is -7.22. The fourth-order valence-corrected chi connectivity index (χ4v) is 8.91. The molecule has 386 valence electrons. The molecule has 1 N–H and O–H groups in total. The fourth-order valence-electron chi connectivity index (χ4n) is 7.39. The van der Waals surface area contributed by atoms with Gasteiger partial charge in [0.15, 0.2) is 6.29 Å². The lowest BCUT2D eigenvalue weighted by Crippen LogP contribution is -2.22. The quantitative estimate of drug-likeness (QED) is 0.0348. The van der Waals surface area contributed by atoms with Gasteiger partial charge in [-0.2, -0.15) is 0 Å². The molecule has 0 radical (unpaired) electrons. The first-order valence-corrected chi connectivity index (χ1v) is 32.1. The van der Waals surface area contributed by atoms with E-state index in [1.54, 1.807) is 26.6 Å². The van der Waals surface area contributed by atoms with Crippen molar-refractivity contribution in [1.29, 1.82) is 0 Å². The van der Waals surface area contributed by atoms with Gasteiger partial charge in [0.1, 0.15) is 67.0 Å².